The fourth-order valence-corrected chi connectivity index (χ4v) is 0.447. The average molecular weight is 181 g/mol. The maximum atomic E-state index is 4.13. The molecule has 76 valence electrons. The number of hydrogen-bond donors (Lipinski definition) is 0. The number of hydrogen-bond acceptors (Lipinski definition) is 1. The summed E-state index contributed by atoms with van der Waals surface area (Å²) in [4.78, 5) is 4.13. The van der Waals surface area contributed by atoms with Crippen LogP contribution in [0.1, 0.15) is 41.0 Å². The largest absolute Gasteiger partial charge is 0.269 e. The molecular weight excluding hydrogens is 158 g/mol. The van der Waals surface area contributed by atoms with Gasteiger partial charge in [0.1, 0.15) is 0 Å². The molecule has 0 heterocycles. The van der Waals surface area contributed by atoms with Gasteiger partial charge < -0.3 is 0 Å². The molecule has 0 fully saturated rings. The van der Waals surface area contributed by atoms with Crippen LogP contribution in [0.3, 0.4) is 0 Å². The molecule has 0 spiro atoms. The molecule has 0 aliphatic heterocycles. The summed E-state index contributed by atoms with van der Waals surface area (Å²) in [7, 11) is 0. The van der Waals surface area contributed by atoms with Crippen LogP contribution in [0.5, 0.6) is 0 Å². The summed E-state index contributed by atoms with van der Waals surface area (Å²) in [6.45, 7) is 14.0. The van der Waals surface area contributed by atoms with Crippen molar-refractivity contribution in [3.63, 3.8) is 0 Å². The molecule has 1 heteroatoms. The third-order valence-electron chi connectivity index (χ3n) is 1.64. The second kappa shape index (κ2) is 9.24. The summed E-state index contributed by atoms with van der Waals surface area (Å²) < 4.78 is 0. The van der Waals surface area contributed by atoms with Crippen molar-refractivity contribution in [2.75, 3.05) is 0 Å². The summed E-state index contributed by atoms with van der Waals surface area (Å²) in [6, 6.07) is 0. The van der Waals surface area contributed by atoms with Crippen LogP contribution >= 0.6 is 0 Å². The molecule has 0 aromatic heterocycles. The van der Waals surface area contributed by atoms with Gasteiger partial charge in [-0.25, -0.2) is 0 Å². The van der Waals surface area contributed by atoms with Gasteiger partial charge in [-0.05, 0) is 17.9 Å². The third-order valence-corrected chi connectivity index (χ3v) is 1.64. The maximum Gasteiger partial charge on any atom is 0.0263 e. The molecule has 0 N–H and O–H groups in total. The topological polar surface area (TPSA) is 12.4 Å². The number of rotatable bonds is 4. The molecule has 0 rings (SSSR count). The molecular formula is C12H23N. The highest BCUT2D eigenvalue weighted by atomic mass is 14.7. The quantitative estimate of drug-likeness (QED) is 0.455. The second-order valence-corrected chi connectivity index (χ2v) is 3.20. The van der Waals surface area contributed by atoms with E-state index in [4.69, 9.17) is 0 Å². The zero-order valence-electron chi connectivity index (χ0n) is 9.67. The molecule has 0 aromatic carbocycles. The van der Waals surface area contributed by atoms with Gasteiger partial charge in [-0.15, -0.1) is 0 Å². The Bertz CT molecular complexity index is 164. The first-order chi connectivity index (χ1) is 6.12. The van der Waals surface area contributed by atoms with Crippen LogP contribution in [0.4, 0.5) is 0 Å². The molecule has 13 heavy (non-hydrogen) atoms. The minimum Gasteiger partial charge on any atom is -0.269 e. The lowest BCUT2D eigenvalue weighted by Crippen LogP contribution is -2.10. The summed E-state index contributed by atoms with van der Waals surface area (Å²) in [5, 5.41) is 0. The highest BCUT2D eigenvalue weighted by Gasteiger charge is 2.09. The highest BCUT2D eigenvalue weighted by molar-refractivity contribution is 5.65. The Morgan fingerprint density at radius 1 is 1.31 bits per heavy atom. The van der Waals surface area contributed by atoms with E-state index in [0.717, 1.165) is 6.42 Å². The monoisotopic (exact) mass is 181 g/mol. The first kappa shape index (κ1) is 14.7. The van der Waals surface area contributed by atoms with Crippen LogP contribution in [0.2, 0.25) is 0 Å². The fraction of sp³-hybridized carbons (Fsp3) is 0.583. The Kier molecular flexibility index (Phi) is 10.4. The number of allylic oxidation sites excluding steroid dienone is 2. The van der Waals surface area contributed by atoms with Crippen molar-refractivity contribution in [1.29, 1.82) is 0 Å². The van der Waals surface area contributed by atoms with Gasteiger partial charge >= 0.3 is 0 Å². The standard InChI is InChI=1S/C10H17N.C2H6/c1-5-7-8-11-9-10(3,4)6-2;1-2/h5,7-9H,1,6H2,2-4H3;1-2H3/b8-7-,11-9?;. The van der Waals surface area contributed by atoms with Crippen molar-refractivity contribution in [3.05, 3.63) is 24.9 Å². The van der Waals surface area contributed by atoms with Crippen molar-refractivity contribution in [1.82, 2.24) is 0 Å². The van der Waals surface area contributed by atoms with Crippen LogP contribution < -0.4 is 0 Å². The molecule has 0 bridgehead atoms. The van der Waals surface area contributed by atoms with Gasteiger partial charge in [0.15, 0.2) is 0 Å². The van der Waals surface area contributed by atoms with Crippen molar-refractivity contribution >= 4 is 6.21 Å². The predicted octanol–water partition coefficient (Wildman–Crippen LogP) is 4.22. The predicted molar refractivity (Wildman–Crippen MR) is 63.2 cm³/mol. The van der Waals surface area contributed by atoms with Crippen LogP contribution in [0, 0.1) is 5.41 Å². The molecule has 0 saturated heterocycles. The summed E-state index contributed by atoms with van der Waals surface area (Å²) in [5.41, 5.74) is 0.214. The summed E-state index contributed by atoms with van der Waals surface area (Å²) >= 11 is 0. The Morgan fingerprint density at radius 3 is 2.23 bits per heavy atom. The summed E-state index contributed by atoms with van der Waals surface area (Å²) in [5.74, 6) is 0. The molecule has 1 nitrogen and oxygen atoms in total. The zero-order chi connectivity index (χ0) is 10.7. The minimum absolute atomic E-state index is 0.214. The smallest absolute Gasteiger partial charge is 0.0263 e. The number of nitrogens with zero attached hydrogens (tertiary/aromatic N) is 1. The normalized spacial score (nSPS) is 11.5. The van der Waals surface area contributed by atoms with Gasteiger partial charge in [-0.2, -0.15) is 0 Å². The molecule has 0 aliphatic rings. The lowest BCUT2D eigenvalue weighted by Gasteiger charge is -2.14. The van der Waals surface area contributed by atoms with E-state index in [0.29, 0.717) is 0 Å². The Hall–Kier alpha value is -0.850. The maximum absolute atomic E-state index is 4.13. The molecule has 0 aliphatic carbocycles. The van der Waals surface area contributed by atoms with E-state index in [1.54, 1.807) is 12.3 Å². The van der Waals surface area contributed by atoms with Crippen LogP contribution in [-0.2, 0) is 0 Å². The zero-order valence-corrected chi connectivity index (χ0v) is 9.67. The van der Waals surface area contributed by atoms with Crippen LogP contribution in [-0.4, -0.2) is 6.21 Å². The average Bonchev–Trinajstić information content (AvgIpc) is 2.16. The van der Waals surface area contributed by atoms with Crippen molar-refractivity contribution < 1.29 is 0 Å². The lowest BCUT2D eigenvalue weighted by molar-refractivity contribution is 0.516. The van der Waals surface area contributed by atoms with Crippen molar-refractivity contribution in [2.45, 2.75) is 41.0 Å². The Balaban J connectivity index is 0. The summed E-state index contributed by atoms with van der Waals surface area (Å²) in [6.07, 6.45) is 8.37. The van der Waals surface area contributed by atoms with Crippen molar-refractivity contribution in [2.24, 2.45) is 10.4 Å². The van der Waals surface area contributed by atoms with E-state index < -0.39 is 0 Å². The van der Waals surface area contributed by atoms with Gasteiger partial charge in [-0.1, -0.05) is 47.3 Å². The van der Waals surface area contributed by atoms with Gasteiger partial charge in [0, 0.05) is 12.4 Å². The molecule has 0 saturated carbocycles. The first-order valence-electron chi connectivity index (χ1n) is 4.94. The van der Waals surface area contributed by atoms with E-state index in [2.05, 4.69) is 32.3 Å². The lowest BCUT2D eigenvalue weighted by atomic mass is 9.92. The molecule has 0 radical (unpaired) electrons. The minimum atomic E-state index is 0.214. The van der Waals surface area contributed by atoms with E-state index in [1.165, 1.54) is 0 Å². The number of aliphatic imine (C=N–C) groups is 1. The van der Waals surface area contributed by atoms with Gasteiger partial charge in [0.2, 0.25) is 0 Å². The van der Waals surface area contributed by atoms with Gasteiger partial charge in [0.25, 0.3) is 0 Å². The van der Waals surface area contributed by atoms with Crippen molar-refractivity contribution in [3.8, 4) is 0 Å². The molecule has 0 atom stereocenters. The second-order valence-electron chi connectivity index (χ2n) is 3.20. The first-order valence-corrected chi connectivity index (χ1v) is 4.94. The highest BCUT2D eigenvalue weighted by Crippen LogP contribution is 2.15. The Labute approximate surface area is 83.3 Å². The van der Waals surface area contributed by atoms with E-state index in [9.17, 15) is 0 Å². The fourth-order valence-electron chi connectivity index (χ4n) is 0.447. The third kappa shape index (κ3) is 11.1. The van der Waals surface area contributed by atoms with Crippen LogP contribution in [0.25, 0.3) is 0 Å². The molecule has 0 unspecified atom stereocenters. The Morgan fingerprint density at radius 2 is 1.85 bits per heavy atom. The van der Waals surface area contributed by atoms with Gasteiger partial charge in [0.05, 0.1) is 0 Å². The van der Waals surface area contributed by atoms with E-state index >= 15 is 0 Å². The molecule has 0 aromatic rings. The van der Waals surface area contributed by atoms with Gasteiger partial charge in [-0.3, -0.25) is 4.99 Å². The molecule has 0 amide bonds. The van der Waals surface area contributed by atoms with E-state index in [1.807, 2.05) is 26.1 Å². The van der Waals surface area contributed by atoms with E-state index in [-0.39, 0.29) is 5.41 Å². The van der Waals surface area contributed by atoms with Crippen LogP contribution in [0.15, 0.2) is 29.9 Å². The SMILES string of the molecule is C=C/C=C\N=CC(C)(C)CC.CC.